The minimum Gasteiger partial charge on any atom is -0.357 e. The number of carbonyl (C=O) groups is 2. The van der Waals surface area contributed by atoms with Crippen LogP contribution in [0.25, 0.3) is 11.4 Å². The fraction of sp³-hybridized carbons (Fsp3) is 0.500. The van der Waals surface area contributed by atoms with E-state index in [9.17, 15) is 14.0 Å². The Kier molecular flexibility index (Phi) is 6.71. The third-order valence-electron chi connectivity index (χ3n) is 5.46. The maximum absolute atomic E-state index is 14.1. The van der Waals surface area contributed by atoms with Crippen LogP contribution in [0, 0.1) is 11.2 Å². The molecule has 0 unspecified atom stereocenters. The van der Waals surface area contributed by atoms with Crippen LogP contribution in [-0.4, -0.2) is 52.9 Å². The highest BCUT2D eigenvalue weighted by atomic mass is 35.5. The molecule has 0 fully saturated rings. The third-order valence-corrected chi connectivity index (χ3v) is 5.76. The van der Waals surface area contributed by atoms with E-state index in [0.29, 0.717) is 24.5 Å². The Labute approximate surface area is 187 Å². The second-order valence-electron chi connectivity index (χ2n) is 8.99. The molecule has 0 aliphatic carbocycles. The molecular formula is C22H29ClFN5O2. The van der Waals surface area contributed by atoms with Crippen molar-refractivity contribution in [2.75, 3.05) is 20.6 Å². The Hall–Kier alpha value is -2.45. The number of nitrogens with one attached hydrogen (secondary N) is 2. The Morgan fingerprint density at radius 1 is 1.26 bits per heavy atom. The van der Waals surface area contributed by atoms with Crippen molar-refractivity contribution < 1.29 is 14.0 Å². The molecule has 2 N–H and O–H groups in total. The van der Waals surface area contributed by atoms with Gasteiger partial charge in [0.15, 0.2) is 5.69 Å². The quantitative estimate of drug-likeness (QED) is 0.751. The number of halogens is 2. The van der Waals surface area contributed by atoms with Crippen molar-refractivity contribution in [2.45, 2.75) is 46.3 Å². The smallest absolute Gasteiger partial charge is 0.272 e. The molecule has 9 heteroatoms. The number of benzene rings is 1. The number of likely N-dealkylation sites (N-methyl/N-ethyl adjacent to an activating group) is 1. The maximum Gasteiger partial charge on any atom is 0.272 e. The van der Waals surface area contributed by atoms with E-state index >= 15 is 0 Å². The molecule has 0 saturated carbocycles. The molecule has 168 valence electrons. The van der Waals surface area contributed by atoms with Crippen LogP contribution in [0.2, 0.25) is 5.02 Å². The van der Waals surface area contributed by atoms with E-state index in [2.05, 4.69) is 20.5 Å². The summed E-state index contributed by atoms with van der Waals surface area (Å²) in [4.78, 5) is 32.4. The average Bonchev–Trinajstić information content (AvgIpc) is 2.93. The van der Waals surface area contributed by atoms with Gasteiger partial charge in [-0.15, -0.1) is 0 Å². The lowest BCUT2D eigenvalue weighted by Gasteiger charge is -2.29. The van der Waals surface area contributed by atoms with Gasteiger partial charge in [0.05, 0.1) is 10.7 Å². The molecule has 1 aromatic heterocycles. The van der Waals surface area contributed by atoms with Crippen LogP contribution in [0.15, 0.2) is 18.2 Å². The summed E-state index contributed by atoms with van der Waals surface area (Å²) in [5.41, 5.74) is 1.04. The van der Waals surface area contributed by atoms with Crippen LogP contribution in [0.3, 0.4) is 0 Å². The van der Waals surface area contributed by atoms with Gasteiger partial charge in [0.25, 0.3) is 5.91 Å². The van der Waals surface area contributed by atoms with Crippen LogP contribution in [-0.2, 0) is 17.9 Å². The van der Waals surface area contributed by atoms with E-state index < -0.39 is 23.2 Å². The first kappa shape index (κ1) is 23.2. The van der Waals surface area contributed by atoms with Crippen molar-refractivity contribution >= 4 is 23.4 Å². The van der Waals surface area contributed by atoms with Crippen LogP contribution in [0.1, 0.15) is 43.4 Å². The van der Waals surface area contributed by atoms with E-state index in [-0.39, 0.29) is 16.6 Å². The molecule has 0 saturated heterocycles. The molecule has 2 amide bonds. The van der Waals surface area contributed by atoms with E-state index in [1.54, 1.807) is 6.07 Å². The van der Waals surface area contributed by atoms with Crippen LogP contribution in [0.4, 0.5) is 4.39 Å². The van der Waals surface area contributed by atoms with E-state index in [4.69, 9.17) is 11.6 Å². The lowest BCUT2D eigenvalue weighted by Crippen LogP contribution is -2.53. The second kappa shape index (κ2) is 8.96. The number of amides is 2. The second-order valence-corrected chi connectivity index (χ2v) is 9.40. The zero-order chi connectivity index (χ0) is 22.9. The summed E-state index contributed by atoms with van der Waals surface area (Å²) in [6.07, 6.45) is 0.868. The number of nitrogens with zero attached hydrogens (tertiary/aromatic N) is 3. The molecule has 7 nitrogen and oxygen atoms in total. The van der Waals surface area contributed by atoms with Crippen LogP contribution >= 0.6 is 11.6 Å². The van der Waals surface area contributed by atoms with E-state index in [0.717, 1.165) is 18.7 Å². The van der Waals surface area contributed by atoms with Gasteiger partial charge in [0.1, 0.15) is 17.7 Å². The summed E-state index contributed by atoms with van der Waals surface area (Å²) < 4.78 is 16.1. The van der Waals surface area contributed by atoms with Crippen LogP contribution in [0.5, 0.6) is 0 Å². The number of fused-ring (bicyclic) bond motifs is 1. The SMILES string of the molecule is CNC(=O)[C@@H](NC(=O)c1nc(-c2ccc(Cl)c(F)c2)n2c1CN(C)CCC2)C(C)(C)C. The van der Waals surface area contributed by atoms with Gasteiger partial charge in [-0.05, 0) is 43.6 Å². The minimum atomic E-state index is -0.734. The van der Waals surface area contributed by atoms with Crippen molar-refractivity contribution in [2.24, 2.45) is 5.41 Å². The van der Waals surface area contributed by atoms with Crippen LogP contribution < -0.4 is 10.6 Å². The molecule has 1 aliphatic heterocycles. The number of hydrogen-bond acceptors (Lipinski definition) is 4. The molecule has 2 heterocycles. The monoisotopic (exact) mass is 449 g/mol. The minimum absolute atomic E-state index is 0.0303. The first-order chi connectivity index (χ1) is 14.5. The molecule has 1 aliphatic rings. The fourth-order valence-corrected chi connectivity index (χ4v) is 3.90. The van der Waals surface area contributed by atoms with Gasteiger partial charge >= 0.3 is 0 Å². The fourth-order valence-electron chi connectivity index (χ4n) is 3.78. The summed E-state index contributed by atoms with van der Waals surface area (Å²) in [6, 6.07) is 3.77. The van der Waals surface area contributed by atoms with Gasteiger partial charge in [-0.2, -0.15) is 0 Å². The molecule has 0 bridgehead atoms. The maximum atomic E-state index is 14.1. The van der Waals surface area contributed by atoms with E-state index in [1.807, 2.05) is 32.4 Å². The number of hydrogen-bond donors (Lipinski definition) is 2. The number of carbonyl (C=O) groups excluding carboxylic acids is 2. The Balaban J connectivity index is 2.07. The standard InChI is InChI=1S/C22H29ClFN5O2/c1-22(2,3)18(21(31)25-4)27-20(30)17-16-12-28(5)9-6-10-29(16)19(26-17)13-7-8-14(23)15(24)11-13/h7-8,11,18H,6,9-10,12H2,1-5H3,(H,25,31)(H,27,30)/t18-/m1/s1. The van der Waals surface area contributed by atoms with E-state index in [1.165, 1.54) is 19.2 Å². The lowest BCUT2D eigenvalue weighted by atomic mass is 9.86. The van der Waals surface area contributed by atoms with Crippen molar-refractivity contribution in [1.82, 2.24) is 25.1 Å². The summed E-state index contributed by atoms with van der Waals surface area (Å²) in [7, 11) is 3.52. The average molecular weight is 450 g/mol. The molecule has 0 radical (unpaired) electrons. The van der Waals surface area contributed by atoms with Crippen molar-refractivity contribution in [1.29, 1.82) is 0 Å². The molecule has 2 aromatic rings. The normalized spacial score (nSPS) is 15.7. The predicted molar refractivity (Wildman–Crippen MR) is 118 cm³/mol. The topological polar surface area (TPSA) is 79.3 Å². The molecular weight excluding hydrogens is 421 g/mol. The molecule has 31 heavy (non-hydrogen) atoms. The number of rotatable bonds is 4. The highest BCUT2D eigenvalue weighted by molar-refractivity contribution is 6.30. The molecule has 0 spiro atoms. The summed E-state index contributed by atoms with van der Waals surface area (Å²) in [5, 5.41) is 5.49. The Morgan fingerprint density at radius 3 is 2.58 bits per heavy atom. The highest BCUT2D eigenvalue weighted by Gasteiger charge is 2.34. The van der Waals surface area contributed by atoms with Gasteiger partial charge < -0.3 is 20.1 Å². The van der Waals surface area contributed by atoms with Crippen molar-refractivity contribution in [3.05, 3.63) is 40.4 Å². The van der Waals surface area contributed by atoms with Gasteiger partial charge in [-0.25, -0.2) is 9.37 Å². The van der Waals surface area contributed by atoms with Gasteiger partial charge in [0, 0.05) is 25.7 Å². The largest absolute Gasteiger partial charge is 0.357 e. The lowest BCUT2D eigenvalue weighted by molar-refractivity contribution is -0.124. The van der Waals surface area contributed by atoms with Gasteiger partial charge in [0.2, 0.25) is 5.91 Å². The van der Waals surface area contributed by atoms with Gasteiger partial charge in [-0.1, -0.05) is 32.4 Å². The molecule has 1 atom stereocenters. The van der Waals surface area contributed by atoms with Crippen molar-refractivity contribution in [3.63, 3.8) is 0 Å². The zero-order valence-electron chi connectivity index (χ0n) is 18.6. The molecule has 1 aromatic carbocycles. The summed E-state index contributed by atoms with van der Waals surface area (Å²) in [5.74, 6) is -0.731. The predicted octanol–water partition coefficient (Wildman–Crippen LogP) is 3.07. The zero-order valence-corrected chi connectivity index (χ0v) is 19.3. The number of imidazole rings is 1. The van der Waals surface area contributed by atoms with Crippen molar-refractivity contribution in [3.8, 4) is 11.4 Å². The first-order valence-corrected chi connectivity index (χ1v) is 10.7. The van der Waals surface area contributed by atoms with Gasteiger partial charge in [-0.3, -0.25) is 9.59 Å². The Morgan fingerprint density at radius 2 is 1.97 bits per heavy atom. The Bertz CT molecular complexity index is 999. The molecule has 3 rings (SSSR count). The summed E-state index contributed by atoms with van der Waals surface area (Å²) in [6.45, 7) is 7.69. The highest BCUT2D eigenvalue weighted by Crippen LogP contribution is 2.29. The number of aromatic nitrogens is 2. The third kappa shape index (κ3) is 4.91. The summed E-state index contributed by atoms with van der Waals surface area (Å²) >= 11 is 5.84. The first-order valence-electron chi connectivity index (χ1n) is 10.3.